The summed E-state index contributed by atoms with van der Waals surface area (Å²) in [6.45, 7) is 1.68. The Kier molecular flexibility index (Phi) is 3.88. The van der Waals surface area contributed by atoms with Crippen molar-refractivity contribution >= 4 is 5.78 Å². The Hall–Kier alpha value is -2.17. The number of alkyl halides is 3. The Morgan fingerprint density at radius 3 is 2.25 bits per heavy atom. The first kappa shape index (κ1) is 14.2. The lowest BCUT2D eigenvalue weighted by Gasteiger charge is -2.11. The minimum absolute atomic E-state index is 0.246. The molecule has 0 amide bonds. The third kappa shape index (κ3) is 3.04. The molecule has 0 N–H and O–H groups in total. The molecule has 0 saturated heterocycles. The molecule has 1 atom stereocenters. The van der Waals surface area contributed by atoms with Gasteiger partial charge in [-0.3, -0.25) is 9.78 Å². The fourth-order valence-corrected chi connectivity index (χ4v) is 1.84. The van der Waals surface area contributed by atoms with Gasteiger partial charge in [0.25, 0.3) is 0 Å². The van der Waals surface area contributed by atoms with E-state index in [0.29, 0.717) is 5.69 Å². The molecule has 20 heavy (non-hydrogen) atoms. The summed E-state index contributed by atoms with van der Waals surface area (Å²) in [5.41, 5.74) is 0.0769. The zero-order chi connectivity index (χ0) is 14.8. The average molecular weight is 279 g/mol. The maximum absolute atomic E-state index is 12.4. The third-order valence-electron chi connectivity index (χ3n) is 3.02. The van der Waals surface area contributed by atoms with Gasteiger partial charge in [-0.05, 0) is 31.2 Å². The molecule has 1 aromatic carbocycles. The number of halogens is 3. The summed E-state index contributed by atoms with van der Waals surface area (Å²) in [5, 5.41) is 0. The highest BCUT2D eigenvalue weighted by atomic mass is 19.4. The van der Waals surface area contributed by atoms with E-state index < -0.39 is 17.7 Å². The highest BCUT2D eigenvalue weighted by Gasteiger charge is 2.30. The van der Waals surface area contributed by atoms with E-state index in [1.807, 2.05) is 0 Å². The number of hydrogen-bond donors (Lipinski definition) is 0. The summed E-state index contributed by atoms with van der Waals surface area (Å²) < 4.78 is 37.3. The van der Waals surface area contributed by atoms with Crippen LogP contribution in [-0.2, 0) is 6.18 Å². The highest BCUT2D eigenvalue weighted by Crippen LogP contribution is 2.29. The van der Waals surface area contributed by atoms with Crippen LogP contribution in [0.5, 0.6) is 0 Å². The highest BCUT2D eigenvalue weighted by molar-refractivity contribution is 6.00. The molecule has 1 heterocycles. The van der Waals surface area contributed by atoms with Crippen LogP contribution >= 0.6 is 0 Å². The second-order valence-electron chi connectivity index (χ2n) is 4.42. The van der Waals surface area contributed by atoms with Gasteiger partial charge in [0.15, 0.2) is 5.78 Å². The first-order valence-electron chi connectivity index (χ1n) is 6.02. The SMILES string of the molecule is CC(C(=O)c1ccc(C(F)(F)F)cc1)c1ccccn1. The monoisotopic (exact) mass is 279 g/mol. The van der Waals surface area contributed by atoms with Crippen molar-refractivity contribution in [1.82, 2.24) is 4.98 Å². The van der Waals surface area contributed by atoms with Crippen molar-refractivity contribution in [1.29, 1.82) is 0 Å². The van der Waals surface area contributed by atoms with Crippen molar-refractivity contribution in [2.45, 2.75) is 19.0 Å². The number of carbonyl (C=O) groups is 1. The summed E-state index contributed by atoms with van der Waals surface area (Å²) in [4.78, 5) is 16.3. The molecule has 0 aliphatic carbocycles. The van der Waals surface area contributed by atoms with Crippen molar-refractivity contribution in [3.8, 4) is 0 Å². The lowest BCUT2D eigenvalue weighted by atomic mass is 9.95. The molecule has 0 spiro atoms. The largest absolute Gasteiger partial charge is 0.416 e. The number of ketones is 1. The number of carbonyl (C=O) groups excluding carboxylic acids is 1. The molecule has 0 aliphatic heterocycles. The first-order chi connectivity index (χ1) is 9.39. The molecule has 1 unspecified atom stereocenters. The van der Waals surface area contributed by atoms with Crippen LogP contribution in [0.1, 0.15) is 34.5 Å². The second kappa shape index (κ2) is 5.45. The van der Waals surface area contributed by atoms with Gasteiger partial charge in [0.2, 0.25) is 0 Å². The second-order valence-corrected chi connectivity index (χ2v) is 4.42. The van der Waals surface area contributed by atoms with Crippen LogP contribution in [0.2, 0.25) is 0 Å². The zero-order valence-corrected chi connectivity index (χ0v) is 10.7. The van der Waals surface area contributed by atoms with E-state index in [1.54, 1.807) is 31.3 Å². The van der Waals surface area contributed by atoms with E-state index in [-0.39, 0.29) is 11.3 Å². The van der Waals surface area contributed by atoms with Crippen molar-refractivity contribution in [3.05, 3.63) is 65.5 Å². The maximum Gasteiger partial charge on any atom is 0.416 e. The first-order valence-corrected chi connectivity index (χ1v) is 6.02. The molecular formula is C15H12F3NO. The van der Waals surface area contributed by atoms with Gasteiger partial charge in [-0.1, -0.05) is 18.2 Å². The van der Waals surface area contributed by atoms with E-state index in [2.05, 4.69) is 4.98 Å². The average Bonchev–Trinajstić information content (AvgIpc) is 2.46. The number of pyridine rings is 1. The molecule has 104 valence electrons. The topological polar surface area (TPSA) is 30.0 Å². The van der Waals surface area contributed by atoms with Crippen molar-refractivity contribution in [2.24, 2.45) is 0 Å². The Balaban J connectivity index is 2.22. The Morgan fingerprint density at radius 1 is 1.10 bits per heavy atom. The van der Waals surface area contributed by atoms with Crippen LogP contribution in [0.25, 0.3) is 0 Å². The molecular weight excluding hydrogens is 267 g/mol. The zero-order valence-electron chi connectivity index (χ0n) is 10.7. The molecule has 2 nitrogen and oxygen atoms in total. The van der Waals surface area contributed by atoms with E-state index in [9.17, 15) is 18.0 Å². The molecule has 0 aliphatic rings. The lowest BCUT2D eigenvalue weighted by Crippen LogP contribution is -2.12. The van der Waals surface area contributed by atoms with Crippen LogP contribution in [0.15, 0.2) is 48.7 Å². The van der Waals surface area contributed by atoms with Crippen LogP contribution < -0.4 is 0 Å². The predicted octanol–water partition coefficient (Wildman–Crippen LogP) is 4.09. The predicted molar refractivity (Wildman–Crippen MR) is 68.4 cm³/mol. The maximum atomic E-state index is 12.4. The van der Waals surface area contributed by atoms with Crippen LogP contribution in [-0.4, -0.2) is 10.8 Å². The number of nitrogens with zero attached hydrogens (tertiary/aromatic N) is 1. The van der Waals surface area contributed by atoms with E-state index >= 15 is 0 Å². The number of aromatic nitrogens is 1. The molecule has 0 saturated carbocycles. The minimum atomic E-state index is -4.39. The van der Waals surface area contributed by atoms with Gasteiger partial charge >= 0.3 is 6.18 Å². The summed E-state index contributed by atoms with van der Waals surface area (Å²) >= 11 is 0. The standard InChI is InChI=1S/C15H12F3NO/c1-10(13-4-2-3-9-19-13)14(20)11-5-7-12(8-6-11)15(16,17)18/h2-10H,1H3. The Bertz CT molecular complexity index is 591. The van der Waals surface area contributed by atoms with Crippen molar-refractivity contribution in [3.63, 3.8) is 0 Å². The van der Waals surface area contributed by atoms with Crippen LogP contribution in [0.3, 0.4) is 0 Å². The summed E-state index contributed by atoms with van der Waals surface area (Å²) in [6.07, 6.45) is -2.82. The van der Waals surface area contributed by atoms with Gasteiger partial charge in [-0.15, -0.1) is 0 Å². The van der Waals surface area contributed by atoms with Crippen LogP contribution in [0.4, 0.5) is 13.2 Å². The van der Waals surface area contributed by atoms with Crippen molar-refractivity contribution in [2.75, 3.05) is 0 Å². The number of Topliss-reactive ketones (excluding diaryl/α,β-unsaturated/α-hetero) is 1. The molecule has 5 heteroatoms. The smallest absolute Gasteiger partial charge is 0.293 e. The summed E-state index contributed by atoms with van der Waals surface area (Å²) in [5.74, 6) is -0.745. The van der Waals surface area contributed by atoms with E-state index in [0.717, 1.165) is 12.1 Å². The van der Waals surface area contributed by atoms with Gasteiger partial charge in [0.05, 0.1) is 17.2 Å². The van der Waals surface area contributed by atoms with E-state index in [4.69, 9.17) is 0 Å². The molecule has 0 bridgehead atoms. The molecule has 2 rings (SSSR count). The minimum Gasteiger partial charge on any atom is -0.293 e. The molecule has 1 aromatic heterocycles. The molecule has 0 fully saturated rings. The fourth-order valence-electron chi connectivity index (χ4n) is 1.84. The normalized spacial score (nSPS) is 13.0. The van der Waals surface area contributed by atoms with Gasteiger partial charge in [0, 0.05) is 11.8 Å². The van der Waals surface area contributed by atoms with Crippen molar-refractivity contribution < 1.29 is 18.0 Å². The van der Waals surface area contributed by atoms with Gasteiger partial charge in [0.1, 0.15) is 0 Å². The number of benzene rings is 1. The Morgan fingerprint density at radius 2 is 1.75 bits per heavy atom. The number of rotatable bonds is 3. The number of hydrogen-bond acceptors (Lipinski definition) is 2. The quantitative estimate of drug-likeness (QED) is 0.792. The summed E-state index contributed by atoms with van der Waals surface area (Å²) in [7, 11) is 0. The van der Waals surface area contributed by atoms with Gasteiger partial charge < -0.3 is 0 Å². The lowest BCUT2D eigenvalue weighted by molar-refractivity contribution is -0.137. The Labute approximate surface area is 114 Å². The molecule has 0 radical (unpaired) electrons. The van der Waals surface area contributed by atoms with E-state index in [1.165, 1.54) is 12.1 Å². The molecule has 2 aromatic rings. The van der Waals surface area contributed by atoms with Gasteiger partial charge in [-0.2, -0.15) is 13.2 Å². The van der Waals surface area contributed by atoms with Crippen LogP contribution in [0, 0.1) is 0 Å². The summed E-state index contributed by atoms with van der Waals surface area (Å²) in [6, 6.07) is 9.44. The third-order valence-corrected chi connectivity index (χ3v) is 3.02. The fraction of sp³-hybridized carbons (Fsp3) is 0.200. The van der Waals surface area contributed by atoms with Gasteiger partial charge in [-0.25, -0.2) is 0 Å².